The van der Waals surface area contributed by atoms with Crippen molar-refractivity contribution < 1.29 is 39.0 Å². The molecular weight excluding hydrogens is 454 g/mol. The molecule has 5 saturated carbocycles. The third-order valence-electron chi connectivity index (χ3n) is 11.8. The lowest BCUT2D eigenvalue weighted by Crippen LogP contribution is -2.86. The Bertz CT molecular complexity index is 876. The summed E-state index contributed by atoms with van der Waals surface area (Å²) in [5.74, 6) is -1.04. The molecular formula is C26H43NO8. The van der Waals surface area contributed by atoms with Gasteiger partial charge in [0.25, 0.3) is 0 Å². The lowest BCUT2D eigenvalue weighted by molar-refractivity contribution is -0.358. The van der Waals surface area contributed by atoms with Crippen LogP contribution >= 0.6 is 0 Å². The number of piperidine rings is 1. The smallest absolute Gasteiger partial charge is 0.136 e. The van der Waals surface area contributed by atoms with Gasteiger partial charge in [-0.2, -0.15) is 0 Å². The van der Waals surface area contributed by atoms with E-state index in [1.54, 1.807) is 35.5 Å². The lowest BCUT2D eigenvalue weighted by Gasteiger charge is -2.72. The first-order chi connectivity index (χ1) is 16.7. The van der Waals surface area contributed by atoms with Gasteiger partial charge >= 0.3 is 0 Å². The molecule has 1 aliphatic heterocycles. The van der Waals surface area contributed by atoms with Crippen LogP contribution in [0.3, 0.4) is 0 Å². The second-order valence-corrected chi connectivity index (χ2v) is 12.3. The minimum absolute atomic E-state index is 0.0920. The maximum atomic E-state index is 13.2. The Morgan fingerprint density at radius 2 is 1.63 bits per heavy atom. The van der Waals surface area contributed by atoms with Crippen molar-refractivity contribution in [3.8, 4) is 0 Å². The second-order valence-electron chi connectivity index (χ2n) is 12.3. The van der Waals surface area contributed by atoms with Gasteiger partial charge in [0.1, 0.15) is 11.2 Å². The van der Waals surface area contributed by atoms with E-state index in [0.717, 1.165) is 12.8 Å². The molecule has 1 saturated heterocycles. The fraction of sp³-hybridized carbons (Fsp3) is 1.00. The van der Waals surface area contributed by atoms with Gasteiger partial charge in [-0.3, -0.25) is 4.90 Å². The molecule has 35 heavy (non-hydrogen) atoms. The molecule has 0 aromatic rings. The highest BCUT2D eigenvalue weighted by molar-refractivity contribution is 5.45. The SMILES string of the molecule is CCN1C[C@]2(COC)CC[C@H](OC)[C@]34C1[C@](O)([C@@H](OC)[C@H]23)[C@@]1(O)C[C@H](OC)[C@H]2C[C@]4(O)[C@@H]1[C@H]2OC. The minimum Gasteiger partial charge on any atom is -0.389 e. The molecule has 13 atom stereocenters. The second kappa shape index (κ2) is 7.61. The highest BCUT2D eigenvalue weighted by atomic mass is 16.5. The highest BCUT2D eigenvalue weighted by Crippen LogP contribution is 2.81. The van der Waals surface area contributed by atoms with Gasteiger partial charge in [-0.15, -0.1) is 0 Å². The quantitative estimate of drug-likeness (QED) is 0.449. The van der Waals surface area contributed by atoms with E-state index in [4.69, 9.17) is 23.7 Å². The van der Waals surface area contributed by atoms with Gasteiger partial charge in [0, 0.05) is 71.7 Å². The molecule has 9 heteroatoms. The summed E-state index contributed by atoms with van der Waals surface area (Å²) in [6, 6.07) is -0.539. The zero-order chi connectivity index (χ0) is 25.2. The summed E-state index contributed by atoms with van der Waals surface area (Å²) < 4.78 is 30.3. The first kappa shape index (κ1) is 24.9. The van der Waals surface area contributed by atoms with E-state index in [-0.39, 0.29) is 35.9 Å². The van der Waals surface area contributed by atoms with E-state index in [0.29, 0.717) is 26.1 Å². The van der Waals surface area contributed by atoms with E-state index >= 15 is 0 Å². The fourth-order valence-corrected chi connectivity index (χ4v) is 11.3. The summed E-state index contributed by atoms with van der Waals surface area (Å²) in [5.41, 5.74) is -5.89. The Morgan fingerprint density at radius 3 is 2.20 bits per heavy atom. The lowest BCUT2D eigenvalue weighted by atomic mass is 9.41. The van der Waals surface area contributed by atoms with E-state index < -0.39 is 46.4 Å². The van der Waals surface area contributed by atoms with Crippen molar-refractivity contribution in [2.45, 2.75) is 79.9 Å². The van der Waals surface area contributed by atoms with Crippen LogP contribution < -0.4 is 0 Å². The molecule has 6 aliphatic rings. The Labute approximate surface area is 208 Å². The number of likely N-dealkylation sites (N-methyl/N-ethyl adjacent to an activating group) is 1. The molecule has 6 fully saturated rings. The highest BCUT2D eigenvalue weighted by Gasteiger charge is 2.95. The predicted octanol–water partition coefficient (Wildman–Crippen LogP) is 0.0400. The van der Waals surface area contributed by atoms with Crippen LogP contribution in [0.1, 0.15) is 32.6 Å². The molecule has 0 radical (unpaired) electrons. The molecule has 0 amide bonds. The third kappa shape index (κ3) is 2.31. The number of rotatable bonds is 7. The molecule has 1 heterocycles. The molecule has 0 aromatic carbocycles. The normalized spacial score (nSPS) is 60.3. The van der Waals surface area contributed by atoms with Crippen LogP contribution in [0.25, 0.3) is 0 Å². The van der Waals surface area contributed by atoms with Crippen molar-refractivity contribution in [2.75, 3.05) is 55.2 Å². The van der Waals surface area contributed by atoms with Crippen LogP contribution in [0.15, 0.2) is 0 Å². The number of hydrogen-bond acceptors (Lipinski definition) is 9. The van der Waals surface area contributed by atoms with Gasteiger partial charge in [0.2, 0.25) is 0 Å². The maximum absolute atomic E-state index is 13.2. The Hall–Kier alpha value is -0.360. The van der Waals surface area contributed by atoms with E-state index in [1.165, 1.54) is 0 Å². The van der Waals surface area contributed by atoms with Crippen LogP contribution in [0.5, 0.6) is 0 Å². The molecule has 200 valence electrons. The monoisotopic (exact) mass is 497 g/mol. The van der Waals surface area contributed by atoms with Crippen molar-refractivity contribution in [2.24, 2.45) is 28.6 Å². The Balaban J connectivity index is 1.72. The van der Waals surface area contributed by atoms with Crippen molar-refractivity contribution in [3.05, 3.63) is 0 Å². The van der Waals surface area contributed by atoms with Crippen LogP contribution in [-0.2, 0) is 23.7 Å². The molecule has 9 nitrogen and oxygen atoms in total. The predicted molar refractivity (Wildman–Crippen MR) is 125 cm³/mol. The van der Waals surface area contributed by atoms with Gasteiger partial charge in [-0.05, 0) is 25.8 Å². The molecule has 6 rings (SSSR count). The minimum atomic E-state index is -1.67. The molecule has 7 bridgehead atoms. The maximum Gasteiger partial charge on any atom is 0.136 e. The van der Waals surface area contributed by atoms with E-state index in [9.17, 15) is 15.3 Å². The van der Waals surface area contributed by atoms with E-state index in [2.05, 4.69) is 11.8 Å². The van der Waals surface area contributed by atoms with Crippen LogP contribution in [0, 0.1) is 28.6 Å². The summed E-state index contributed by atoms with van der Waals surface area (Å²) in [6.07, 6.45) is 0.424. The summed E-state index contributed by atoms with van der Waals surface area (Å²) in [6.45, 7) is 3.96. The summed E-state index contributed by atoms with van der Waals surface area (Å²) >= 11 is 0. The average molecular weight is 498 g/mol. The standard InChI is InChI=1S/C26H43NO8/c1-7-27-12-22(13-31-2)9-8-16(33-4)25-19(22)20(35-6)26(30,21(25)27)24(29)11-15(32-3)14-10-23(25,28)18(24)17(14)34-5/h14-21,28-30H,7-13H2,1-6H3/t14-,15+,16+,17+,18+,19-,20+,21?,22+,23+,24-,25-,26-/m1/s1. The van der Waals surface area contributed by atoms with Crippen LogP contribution in [0.4, 0.5) is 0 Å². The van der Waals surface area contributed by atoms with Crippen molar-refractivity contribution in [1.29, 1.82) is 0 Å². The number of likely N-dealkylation sites (tertiary alicyclic amines) is 1. The molecule has 5 aliphatic carbocycles. The van der Waals surface area contributed by atoms with Gasteiger partial charge in [-0.25, -0.2) is 0 Å². The number of nitrogens with zero attached hydrogens (tertiary/aromatic N) is 1. The fourth-order valence-electron chi connectivity index (χ4n) is 11.3. The molecule has 0 aromatic heterocycles. The number of aliphatic hydroxyl groups is 3. The van der Waals surface area contributed by atoms with Crippen molar-refractivity contribution in [1.82, 2.24) is 4.90 Å². The van der Waals surface area contributed by atoms with Gasteiger partial charge < -0.3 is 39.0 Å². The first-order valence-corrected chi connectivity index (χ1v) is 13.2. The van der Waals surface area contributed by atoms with Crippen LogP contribution in [0.2, 0.25) is 0 Å². The number of hydrogen-bond donors (Lipinski definition) is 3. The number of fused-ring (bicyclic) bond motifs is 2. The molecule has 1 unspecified atom stereocenters. The first-order valence-electron chi connectivity index (χ1n) is 13.2. The average Bonchev–Trinajstić information content (AvgIpc) is 3.21. The van der Waals surface area contributed by atoms with Gasteiger partial charge in [-0.1, -0.05) is 6.92 Å². The molecule has 3 N–H and O–H groups in total. The molecule has 1 spiro atoms. The topological polar surface area (TPSA) is 110 Å². The van der Waals surface area contributed by atoms with E-state index in [1.807, 2.05) is 0 Å². The van der Waals surface area contributed by atoms with Crippen LogP contribution in [-0.4, -0.2) is 123 Å². The summed E-state index contributed by atoms with van der Waals surface area (Å²) in [4.78, 5) is 2.28. The largest absolute Gasteiger partial charge is 0.389 e. The van der Waals surface area contributed by atoms with Gasteiger partial charge in [0.15, 0.2) is 0 Å². The van der Waals surface area contributed by atoms with Crippen molar-refractivity contribution >= 4 is 0 Å². The van der Waals surface area contributed by atoms with Gasteiger partial charge in [0.05, 0.1) is 48.1 Å². The Morgan fingerprint density at radius 1 is 0.886 bits per heavy atom. The summed E-state index contributed by atoms with van der Waals surface area (Å²) in [5, 5.41) is 39.1. The third-order valence-corrected chi connectivity index (χ3v) is 11.8. The zero-order valence-electron chi connectivity index (χ0n) is 21.9. The number of methoxy groups -OCH3 is 5. The summed E-state index contributed by atoms with van der Waals surface area (Å²) in [7, 11) is 8.33. The number of ether oxygens (including phenoxy) is 5. The Kier molecular flexibility index (Phi) is 5.42. The zero-order valence-corrected chi connectivity index (χ0v) is 21.9. The van der Waals surface area contributed by atoms with Crippen molar-refractivity contribution in [3.63, 3.8) is 0 Å².